The van der Waals surface area contributed by atoms with Crippen LogP contribution in [0.4, 0.5) is 9.18 Å². The summed E-state index contributed by atoms with van der Waals surface area (Å²) in [5, 5.41) is 13.2. The highest BCUT2D eigenvalue weighted by molar-refractivity contribution is 5.91. The molecule has 1 saturated heterocycles. The summed E-state index contributed by atoms with van der Waals surface area (Å²) in [6.07, 6.45) is 3.11. The van der Waals surface area contributed by atoms with Crippen LogP contribution in [0.2, 0.25) is 0 Å². The Balaban J connectivity index is 1.61. The molecule has 2 atom stereocenters. The zero-order valence-corrected chi connectivity index (χ0v) is 25.6. The van der Waals surface area contributed by atoms with Crippen LogP contribution < -0.4 is 5.49 Å². The van der Waals surface area contributed by atoms with Gasteiger partial charge in [-0.25, -0.2) is 24.3 Å². The van der Waals surface area contributed by atoms with Crippen molar-refractivity contribution in [2.45, 2.75) is 58.3 Å². The Morgan fingerprint density at radius 2 is 1.70 bits per heavy atom. The summed E-state index contributed by atoms with van der Waals surface area (Å²) in [5.41, 5.74) is 1.29. The van der Waals surface area contributed by atoms with E-state index < -0.39 is 35.7 Å². The number of aromatic nitrogens is 1. The van der Waals surface area contributed by atoms with E-state index in [-0.39, 0.29) is 38.2 Å². The molecule has 1 aliphatic rings. The predicted molar refractivity (Wildman–Crippen MR) is 162 cm³/mol. The number of ether oxygens (including phenoxy) is 1. The van der Waals surface area contributed by atoms with Gasteiger partial charge < -0.3 is 9.94 Å². The molecule has 0 saturated carbocycles. The summed E-state index contributed by atoms with van der Waals surface area (Å²) in [5.74, 6) is -3.02. The number of benzene rings is 2. The maximum absolute atomic E-state index is 14.3. The Morgan fingerprint density at radius 1 is 1.02 bits per heavy atom. The van der Waals surface area contributed by atoms with Gasteiger partial charge in [-0.1, -0.05) is 86.8 Å². The average Bonchev–Trinajstić information content (AvgIpc) is 3.52. The number of amides is 4. The molecule has 3 aromatic rings. The van der Waals surface area contributed by atoms with E-state index in [0.29, 0.717) is 24.0 Å². The third-order valence-corrected chi connectivity index (χ3v) is 7.46. The van der Waals surface area contributed by atoms with E-state index >= 15 is 0 Å². The van der Waals surface area contributed by atoms with E-state index in [1.165, 1.54) is 0 Å². The summed E-state index contributed by atoms with van der Waals surface area (Å²) in [7, 11) is 0. The Kier molecular flexibility index (Phi) is 12.4. The molecule has 0 spiro atoms. The number of nitrogens with zero attached hydrogens (tertiary/aromatic N) is 5. The van der Waals surface area contributed by atoms with Crippen LogP contribution in [0.1, 0.15) is 50.2 Å². The van der Waals surface area contributed by atoms with E-state index in [1.807, 2.05) is 43.3 Å². The number of pyridine rings is 1. The first-order valence-electron chi connectivity index (χ1n) is 15.2. The molecular weight excluding hydrogens is 597 g/mol. The predicted octanol–water partition coefficient (Wildman–Crippen LogP) is 4.23. The largest absolute Gasteiger partial charge is 0.443 e. The fourth-order valence-electron chi connectivity index (χ4n) is 5.04. The lowest BCUT2D eigenvalue weighted by Crippen LogP contribution is -2.54. The van der Waals surface area contributed by atoms with Crippen LogP contribution in [0.5, 0.6) is 0 Å². The van der Waals surface area contributed by atoms with Crippen LogP contribution in [0.15, 0.2) is 84.0 Å². The molecule has 1 aromatic heterocycles. The summed E-state index contributed by atoms with van der Waals surface area (Å²) in [4.78, 5) is 62.8. The van der Waals surface area contributed by atoms with Crippen LogP contribution in [-0.4, -0.2) is 68.5 Å². The monoisotopic (exact) mass is 635 g/mol. The molecule has 12 nitrogen and oxygen atoms in total. The van der Waals surface area contributed by atoms with Gasteiger partial charge in [0.2, 0.25) is 12.3 Å². The van der Waals surface area contributed by atoms with Crippen LogP contribution in [0.25, 0.3) is 0 Å². The van der Waals surface area contributed by atoms with Crippen molar-refractivity contribution < 1.29 is 38.4 Å². The highest BCUT2D eigenvalue weighted by Gasteiger charge is 2.45. The van der Waals surface area contributed by atoms with E-state index in [2.05, 4.69) is 4.99 Å². The summed E-state index contributed by atoms with van der Waals surface area (Å²) in [6.45, 7) is 1.89. The van der Waals surface area contributed by atoms with Gasteiger partial charge in [-0.2, -0.15) is 9.72 Å². The van der Waals surface area contributed by atoms with Gasteiger partial charge in [0, 0.05) is 6.54 Å². The number of carbonyl (C=O) groups excluding carboxylic acids is 4. The Morgan fingerprint density at radius 3 is 2.33 bits per heavy atom. The highest BCUT2D eigenvalue weighted by Crippen LogP contribution is 2.26. The van der Waals surface area contributed by atoms with Gasteiger partial charge in [-0.3, -0.25) is 19.2 Å². The van der Waals surface area contributed by atoms with Crippen LogP contribution >= 0.6 is 0 Å². The fourth-order valence-corrected chi connectivity index (χ4v) is 5.04. The Bertz CT molecular complexity index is 1540. The third-order valence-electron chi connectivity index (χ3n) is 7.46. The van der Waals surface area contributed by atoms with Gasteiger partial charge in [0.25, 0.3) is 5.91 Å². The van der Waals surface area contributed by atoms with E-state index in [0.717, 1.165) is 57.4 Å². The van der Waals surface area contributed by atoms with Gasteiger partial charge in [0.1, 0.15) is 25.1 Å². The third kappa shape index (κ3) is 9.24. The van der Waals surface area contributed by atoms with Crippen LogP contribution in [-0.2, 0) is 37.2 Å². The van der Waals surface area contributed by atoms with Gasteiger partial charge in [-0.15, -0.1) is 0 Å². The van der Waals surface area contributed by atoms with Crippen LogP contribution in [0, 0.1) is 11.7 Å². The SMILES string of the molecule is CCCCC[C@H](CN(C=O)OCc1ccccc1)C(=O)N1[C@H](C(=O)N=c2ccc(F)cn2O)CCN1C(=O)OCc1ccccc1. The minimum Gasteiger partial charge on any atom is -0.443 e. The first-order valence-corrected chi connectivity index (χ1v) is 15.2. The lowest BCUT2D eigenvalue weighted by Gasteiger charge is -2.34. The lowest BCUT2D eigenvalue weighted by molar-refractivity contribution is -0.185. The zero-order chi connectivity index (χ0) is 32.9. The molecule has 4 rings (SSSR count). The molecule has 1 N–H and O–H groups in total. The molecule has 244 valence electrons. The number of unbranched alkanes of at least 4 members (excludes halogenated alkanes) is 2. The van der Waals surface area contributed by atoms with Crippen molar-refractivity contribution in [3.05, 3.63) is 101 Å². The minimum absolute atomic E-state index is 0.0303. The number of hydrazine groups is 1. The molecule has 2 aromatic carbocycles. The topological polar surface area (TPSA) is 134 Å². The summed E-state index contributed by atoms with van der Waals surface area (Å²) >= 11 is 0. The number of halogens is 1. The number of hydroxylamine groups is 2. The van der Waals surface area contributed by atoms with E-state index in [4.69, 9.17) is 9.57 Å². The number of hydrogen-bond acceptors (Lipinski definition) is 7. The second-order valence-corrected chi connectivity index (χ2v) is 10.8. The molecule has 46 heavy (non-hydrogen) atoms. The molecule has 1 fully saturated rings. The van der Waals surface area contributed by atoms with Crippen molar-refractivity contribution in [2.75, 3.05) is 13.1 Å². The number of rotatable bonds is 14. The Labute approximate surface area is 266 Å². The molecule has 1 aliphatic heterocycles. The standard InChI is InChI=1S/C33H38FN5O7/c1-2-3-6-15-27(20-36(24-40)46-23-26-13-9-5-10-14-26)32(42)39-29(31(41)35-30-17-16-28(34)21-38(30)44)18-19-37(39)33(43)45-22-25-11-7-4-8-12-25/h4-5,7-14,16-17,21,24,27,29,44H,2-3,6,15,18-20,22-23H2,1H3/t27-,29+/m1/s1. The van der Waals surface area contributed by atoms with E-state index in [9.17, 15) is 28.8 Å². The second kappa shape index (κ2) is 16.9. The summed E-state index contributed by atoms with van der Waals surface area (Å²) in [6, 6.07) is 19.1. The van der Waals surface area contributed by atoms with Gasteiger partial charge in [0.15, 0.2) is 5.49 Å². The molecule has 0 aliphatic carbocycles. The maximum Gasteiger partial charge on any atom is 0.429 e. The van der Waals surface area contributed by atoms with Crippen molar-refractivity contribution in [3.8, 4) is 0 Å². The van der Waals surface area contributed by atoms with Gasteiger partial charge in [0.05, 0.1) is 18.7 Å². The van der Waals surface area contributed by atoms with Crippen molar-refractivity contribution in [2.24, 2.45) is 10.9 Å². The van der Waals surface area contributed by atoms with Crippen molar-refractivity contribution >= 4 is 24.3 Å². The molecular formula is C33H38FN5O7. The normalized spacial score (nSPS) is 15.4. The highest BCUT2D eigenvalue weighted by atomic mass is 19.1. The number of hydrogen-bond donors (Lipinski definition) is 1. The van der Waals surface area contributed by atoms with Crippen molar-refractivity contribution in [3.63, 3.8) is 0 Å². The molecule has 0 unspecified atom stereocenters. The van der Waals surface area contributed by atoms with Gasteiger partial charge in [-0.05, 0) is 36.1 Å². The molecule has 0 bridgehead atoms. The maximum atomic E-state index is 14.3. The second-order valence-electron chi connectivity index (χ2n) is 10.8. The summed E-state index contributed by atoms with van der Waals surface area (Å²) < 4.78 is 19.4. The fraction of sp³-hybridized carbons (Fsp3) is 0.364. The average molecular weight is 636 g/mol. The molecule has 2 heterocycles. The first kappa shape index (κ1) is 33.8. The molecule has 0 radical (unpaired) electrons. The molecule has 4 amide bonds. The van der Waals surface area contributed by atoms with Crippen LogP contribution in [0.3, 0.4) is 0 Å². The van der Waals surface area contributed by atoms with Crippen molar-refractivity contribution in [1.82, 2.24) is 19.8 Å². The first-order chi connectivity index (χ1) is 22.3. The van der Waals surface area contributed by atoms with Crippen molar-refractivity contribution in [1.29, 1.82) is 0 Å². The lowest BCUT2D eigenvalue weighted by atomic mass is 9.99. The number of carbonyl (C=O) groups is 4. The Hall–Kier alpha value is -5.04. The van der Waals surface area contributed by atoms with Gasteiger partial charge >= 0.3 is 6.09 Å². The smallest absolute Gasteiger partial charge is 0.429 e. The minimum atomic E-state index is -1.23. The zero-order valence-electron chi connectivity index (χ0n) is 25.6. The molecule has 13 heteroatoms. The van der Waals surface area contributed by atoms with E-state index in [1.54, 1.807) is 24.3 Å². The quantitative estimate of drug-likeness (QED) is 0.121.